The molecule has 1 aromatic heterocycles. The van der Waals surface area contributed by atoms with Crippen molar-refractivity contribution in [2.24, 2.45) is 0 Å². The molecule has 0 amide bonds. The van der Waals surface area contributed by atoms with Crippen molar-refractivity contribution in [3.05, 3.63) is 34.1 Å². The van der Waals surface area contributed by atoms with E-state index in [9.17, 15) is 0 Å². The average Bonchev–Trinajstić information content (AvgIpc) is 2.45. The molecular formula is C12H12Cl2N4O2. The topological polar surface area (TPSA) is 69.2 Å². The first-order valence-electron chi connectivity index (χ1n) is 5.65. The Morgan fingerprint density at radius 1 is 1.10 bits per heavy atom. The van der Waals surface area contributed by atoms with E-state index in [0.29, 0.717) is 23.3 Å². The van der Waals surface area contributed by atoms with Crippen molar-refractivity contribution in [3.63, 3.8) is 0 Å². The fraction of sp³-hybridized carbons (Fsp3) is 0.250. The standard InChI is InChI=1S/C12H12Cl2N4O2/c1-19-9-5-3-4-8(13)7(9)6-15-11-16-10(14)17-12(18-11)20-2/h3-5H,6H2,1-2H3,(H,15,16,17,18). The summed E-state index contributed by atoms with van der Waals surface area (Å²) in [6, 6.07) is 5.55. The summed E-state index contributed by atoms with van der Waals surface area (Å²) in [5.74, 6) is 0.973. The van der Waals surface area contributed by atoms with Crippen molar-refractivity contribution in [1.82, 2.24) is 15.0 Å². The molecule has 0 aliphatic carbocycles. The summed E-state index contributed by atoms with van der Waals surface area (Å²) in [5.41, 5.74) is 0.798. The second-order valence-corrected chi connectivity index (χ2v) is 4.43. The van der Waals surface area contributed by atoms with Crippen LogP contribution in [-0.4, -0.2) is 29.2 Å². The van der Waals surface area contributed by atoms with Crippen LogP contribution in [0.1, 0.15) is 5.56 Å². The van der Waals surface area contributed by atoms with Gasteiger partial charge in [0.2, 0.25) is 11.2 Å². The third-order valence-corrected chi connectivity index (χ3v) is 3.01. The normalized spacial score (nSPS) is 10.2. The molecule has 0 unspecified atom stereocenters. The maximum absolute atomic E-state index is 6.14. The number of benzene rings is 1. The lowest BCUT2D eigenvalue weighted by atomic mass is 10.2. The molecule has 0 saturated heterocycles. The summed E-state index contributed by atoms with van der Waals surface area (Å²) >= 11 is 11.9. The first kappa shape index (κ1) is 14.6. The van der Waals surface area contributed by atoms with Gasteiger partial charge in [0.25, 0.3) is 0 Å². The molecule has 0 saturated carbocycles. The molecule has 106 valence electrons. The molecule has 20 heavy (non-hydrogen) atoms. The third-order valence-electron chi connectivity index (χ3n) is 2.49. The lowest BCUT2D eigenvalue weighted by Gasteiger charge is -2.11. The first-order chi connectivity index (χ1) is 9.63. The average molecular weight is 315 g/mol. The second-order valence-electron chi connectivity index (χ2n) is 3.69. The van der Waals surface area contributed by atoms with Crippen molar-refractivity contribution in [2.75, 3.05) is 19.5 Å². The smallest absolute Gasteiger partial charge is 0.322 e. The Hall–Kier alpha value is -1.79. The van der Waals surface area contributed by atoms with Gasteiger partial charge >= 0.3 is 6.01 Å². The maximum atomic E-state index is 6.14. The van der Waals surface area contributed by atoms with Gasteiger partial charge < -0.3 is 14.8 Å². The van der Waals surface area contributed by atoms with Gasteiger partial charge in [0.05, 0.1) is 14.2 Å². The predicted octanol–water partition coefficient (Wildman–Crippen LogP) is 2.81. The monoisotopic (exact) mass is 314 g/mol. The first-order valence-corrected chi connectivity index (χ1v) is 6.40. The third kappa shape index (κ3) is 3.40. The minimum Gasteiger partial charge on any atom is -0.496 e. The number of halogens is 2. The van der Waals surface area contributed by atoms with Crippen LogP contribution in [0.5, 0.6) is 11.8 Å². The van der Waals surface area contributed by atoms with E-state index in [-0.39, 0.29) is 11.3 Å². The number of anilines is 1. The molecule has 8 heteroatoms. The predicted molar refractivity (Wildman–Crippen MR) is 76.7 cm³/mol. The van der Waals surface area contributed by atoms with Gasteiger partial charge in [-0.1, -0.05) is 17.7 Å². The van der Waals surface area contributed by atoms with Gasteiger partial charge in [-0.05, 0) is 23.7 Å². The van der Waals surface area contributed by atoms with Crippen molar-refractivity contribution in [3.8, 4) is 11.8 Å². The SMILES string of the molecule is COc1nc(Cl)nc(NCc2c(Cl)cccc2OC)n1. The molecule has 0 fully saturated rings. The van der Waals surface area contributed by atoms with E-state index < -0.39 is 0 Å². The zero-order chi connectivity index (χ0) is 14.5. The van der Waals surface area contributed by atoms with Crippen molar-refractivity contribution in [1.29, 1.82) is 0 Å². The number of hydrogen-bond donors (Lipinski definition) is 1. The Labute approximate surface area is 126 Å². The summed E-state index contributed by atoms with van der Waals surface area (Å²) in [5, 5.41) is 3.63. The molecule has 0 spiro atoms. The highest BCUT2D eigenvalue weighted by molar-refractivity contribution is 6.31. The van der Waals surface area contributed by atoms with Crippen LogP contribution in [-0.2, 0) is 6.54 Å². The molecule has 0 atom stereocenters. The number of nitrogens with one attached hydrogen (secondary N) is 1. The fourth-order valence-corrected chi connectivity index (χ4v) is 1.96. The van der Waals surface area contributed by atoms with Gasteiger partial charge in [-0.2, -0.15) is 15.0 Å². The number of nitrogens with zero attached hydrogens (tertiary/aromatic N) is 3. The summed E-state index contributed by atoms with van der Waals surface area (Å²) in [7, 11) is 3.03. The highest BCUT2D eigenvalue weighted by Gasteiger charge is 2.09. The van der Waals surface area contributed by atoms with Crippen LogP contribution in [0, 0.1) is 0 Å². The number of rotatable bonds is 5. The van der Waals surface area contributed by atoms with Crippen LogP contribution in [0.15, 0.2) is 18.2 Å². The molecule has 0 radical (unpaired) electrons. The molecule has 0 aliphatic rings. The van der Waals surface area contributed by atoms with Gasteiger partial charge in [0.1, 0.15) is 5.75 Å². The van der Waals surface area contributed by atoms with E-state index in [4.69, 9.17) is 32.7 Å². The Morgan fingerprint density at radius 2 is 1.90 bits per heavy atom. The highest BCUT2D eigenvalue weighted by atomic mass is 35.5. The zero-order valence-electron chi connectivity index (χ0n) is 10.9. The van der Waals surface area contributed by atoms with Gasteiger partial charge in [-0.3, -0.25) is 0 Å². The van der Waals surface area contributed by atoms with Crippen LogP contribution in [0.2, 0.25) is 10.3 Å². The van der Waals surface area contributed by atoms with E-state index in [0.717, 1.165) is 5.56 Å². The zero-order valence-corrected chi connectivity index (χ0v) is 12.4. The minimum atomic E-state index is 0.0467. The largest absolute Gasteiger partial charge is 0.496 e. The molecule has 1 N–H and O–H groups in total. The second kappa shape index (κ2) is 6.58. The van der Waals surface area contributed by atoms with E-state index >= 15 is 0 Å². The summed E-state index contributed by atoms with van der Waals surface area (Å²) < 4.78 is 10.2. The molecule has 0 bridgehead atoms. The van der Waals surface area contributed by atoms with Crippen LogP contribution in [0.3, 0.4) is 0 Å². The Balaban J connectivity index is 2.19. The van der Waals surface area contributed by atoms with Gasteiger partial charge in [0.15, 0.2) is 0 Å². The molecule has 1 aromatic carbocycles. The van der Waals surface area contributed by atoms with Crippen molar-refractivity contribution in [2.45, 2.75) is 6.54 Å². The molecule has 2 aromatic rings. The lowest BCUT2D eigenvalue weighted by molar-refractivity contribution is 0.379. The lowest BCUT2D eigenvalue weighted by Crippen LogP contribution is -2.07. The van der Waals surface area contributed by atoms with Crippen LogP contribution in [0.4, 0.5) is 5.95 Å². The summed E-state index contributed by atoms with van der Waals surface area (Å²) in [4.78, 5) is 11.8. The molecule has 6 nitrogen and oxygen atoms in total. The number of aromatic nitrogens is 3. The molecule has 2 rings (SSSR count). The number of methoxy groups -OCH3 is 2. The number of hydrogen-bond acceptors (Lipinski definition) is 6. The summed E-state index contributed by atoms with van der Waals surface area (Å²) in [6.45, 7) is 0.381. The Kier molecular flexibility index (Phi) is 4.81. The van der Waals surface area contributed by atoms with Crippen molar-refractivity contribution >= 4 is 29.2 Å². The molecule has 1 heterocycles. The highest BCUT2D eigenvalue weighted by Crippen LogP contribution is 2.26. The van der Waals surface area contributed by atoms with E-state index in [1.807, 2.05) is 12.1 Å². The summed E-state index contributed by atoms with van der Waals surface area (Å²) in [6.07, 6.45) is 0. The minimum absolute atomic E-state index is 0.0467. The van der Waals surface area contributed by atoms with Crippen LogP contribution >= 0.6 is 23.2 Å². The van der Waals surface area contributed by atoms with Crippen LogP contribution in [0.25, 0.3) is 0 Å². The van der Waals surface area contributed by atoms with E-state index in [2.05, 4.69) is 20.3 Å². The van der Waals surface area contributed by atoms with Crippen molar-refractivity contribution < 1.29 is 9.47 Å². The molecular weight excluding hydrogens is 303 g/mol. The van der Waals surface area contributed by atoms with Gasteiger partial charge in [-0.15, -0.1) is 0 Å². The number of ether oxygens (including phenoxy) is 2. The van der Waals surface area contributed by atoms with E-state index in [1.54, 1.807) is 13.2 Å². The maximum Gasteiger partial charge on any atom is 0.322 e. The quantitative estimate of drug-likeness (QED) is 0.915. The Morgan fingerprint density at radius 3 is 2.60 bits per heavy atom. The fourth-order valence-electron chi connectivity index (χ4n) is 1.57. The van der Waals surface area contributed by atoms with Gasteiger partial charge in [0, 0.05) is 17.1 Å². The van der Waals surface area contributed by atoms with Crippen LogP contribution < -0.4 is 14.8 Å². The van der Waals surface area contributed by atoms with E-state index in [1.165, 1.54) is 7.11 Å². The van der Waals surface area contributed by atoms with Gasteiger partial charge in [-0.25, -0.2) is 0 Å². The Bertz CT molecular complexity index is 610. The molecule has 0 aliphatic heterocycles.